The number of nitrogens with zero attached hydrogens (tertiary/aromatic N) is 1. The minimum atomic E-state index is -3.57. The highest BCUT2D eigenvalue weighted by Crippen LogP contribution is 2.22. The molecule has 27 heavy (non-hydrogen) atoms. The summed E-state index contributed by atoms with van der Waals surface area (Å²) in [6.07, 6.45) is 1.83. The Kier molecular flexibility index (Phi) is 6.65. The zero-order valence-corrected chi connectivity index (χ0v) is 17.4. The van der Waals surface area contributed by atoms with Crippen LogP contribution in [0.1, 0.15) is 41.6 Å². The van der Waals surface area contributed by atoms with E-state index in [1.807, 2.05) is 52.0 Å². The summed E-state index contributed by atoms with van der Waals surface area (Å²) in [5.74, 6) is -0.326. The molecule has 0 radical (unpaired) electrons. The van der Waals surface area contributed by atoms with E-state index in [4.69, 9.17) is 0 Å². The monoisotopic (exact) mass is 388 g/mol. The van der Waals surface area contributed by atoms with E-state index in [9.17, 15) is 13.2 Å². The summed E-state index contributed by atoms with van der Waals surface area (Å²) in [7, 11) is -3.57. The second-order valence-corrected chi connectivity index (χ2v) is 8.90. The molecule has 0 aromatic heterocycles. The van der Waals surface area contributed by atoms with E-state index in [2.05, 4.69) is 11.4 Å². The Hall–Kier alpha value is -2.34. The third-order valence-corrected chi connectivity index (χ3v) is 5.69. The maximum Gasteiger partial charge on any atom is 0.241 e. The number of hydrogen-bond donors (Lipinski definition) is 1. The molecule has 0 saturated heterocycles. The van der Waals surface area contributed by atoms with Crippen molar-refractivity contribution in [3.05, 3.63) is 64.7 Å². The molecule has 0 aliphatic rings. The normalized spacial score (nSPS) is 12.5. The number of rotatable bonds is 7. The summed E-state index contributed by atoms with van der Waals surface area (Å²) in [5, 5.41) is 2.98. The van der Waals surface area contributed by atoms with Crippen molar-refractivity contribution in [3.63, 3.8) is 0 Å². The summed E-state index contributed by atoms with van der Waals surface area (Å²) in [4.78, 5) is 12.6. The van der Waals surface area contributed by atoms with Crippen LogP contribution in [0.4, 0.5) is 5.69 Å². The van der Waals surface area contributed by atoms with Crippen LogP contribution in [0.25, 0.3) is 0 Å². The van der Waals surface area contributed by atoms with Gasteiger partial charge in [0.25, 0.3) is 0 Å². The predicted octanol–water partition coefficient (Wildman–Crippen LogP) is 3.65. The Bertz CT molecular complexity index is 906. The van der Waals surface area contributed by atoms with Crippen LogP contribution in [-0.4, -0.2) is 27.1 Å². The zero-order valence-electron chi connectivity index (χ0n) is 16.6. The molecule has 0 spiro atoms. The molecule has 0 heterocycles. The molecule has 0 aliphatic heterocycles. The van der Waals surface area contributed by atoms with Gasteiger partial charge in [-0.2, -0.15) is 0 Å². The van der Waals surface area contributed by atoms with Gasteiger partial charge in [0.15, 0.2) is 0 Å². The van der Waals surface area contributed by atoms with E-state index in [0.29, 0.717) is 5.69 Å². The first-order valence-electron chi connectivity index (χ1n) is 9.02. The van der Waals surface area contributed by atoms with E-state index in [-0.39, 0.29) is 18.5 Å². The number of benzene rings is 2. The smallest absolute Gasteiger partial charge is 0.241 e. The van der Waals surface area contributed by atoms with Crippen molar-refractivity contribution >= 4 is 21.6 Å². The average Bonchev–Trinajstić information content (AvgIpc) is 2.58. The molecule has 0 aliphatic carbocycles. The van der Waals surface area contributed by atoms with Gasteiger partial charge in [-0.25, -0.2) is 8.42 Å². The van der Waals surface area contributed by atoms with Crippen LogP contribution in [0.3, 0.4) is 0 Å². The molecule has 6 heteroatoms. The van der Waals surface area contributed by atoms with Crippen LogP contribution >= 0.6 is 0 Å². The summed E-state index contributed by atoms with van der Waals surface area (Å²) in [6.45, 7) is 7.73. The van der Waals surface area contributed by atoms with Crippen molar-refractivity contribution in [3.8, 4) is 0 Å². The van der Waals surface area contributed by atoms with Gasteiger partial charge >= 0.3 is 0 Å². The van der Waals surface area contributed by atoms with Crippen LogP contribution in [0, 0.1) is 20.8 Å². The lowest BCUT2D eigenvalue weighted by atomic mass is 9.97. The first-order valence-corrected chi connectivity index (χ1v) is 10.9. The Morgan fingerprint density at radius 3 is 2.15 bits per heavy atom. The van der Waals surface area contributed by atoms with Gasteiger partial charge in [-0.3, -0.25) is 9.10 Å². The predicted molar refractivity (Wildman–Crippen MR) is 110 cm³/mol. The highest BCUT2D eigenvalue weighted by atomic mass is 32.2. The maximum absolute atomic E-state index is 12.6. The van der Waals surface area contributed by atoms with Gasteiger partial charge in [-0.05, 0) is 50.5 Å². The Morgan fingerprint density at radius 1 is 1.04 bits per heavy atom. The number of carbonyl (C=O) groups excluding carboxylic acids is 1. The van der Waals surface area contributed by atoms with Gasteiger partial charge in [0.2, 0.25) is 15.9 Å². The molecule has 0 fully saturated rings. The third kappa shape index (κ3) is 5.57. The Labute approximate surface area is 162 Å². The largest absolute Gasteiger partial charge is 0.348 e. The topological polar surface area (TPSA) is 66.5 Å². The fourth-order valence-electron chi connectivity index (χ4n) is 3.10. The molecule has 5 nitrogen and oxygen atoms in total. The van der Waals surface area contributed by atoms with E-state index in [1.54, 1.807) is 12.1 Å². The number of hydrogen-bond acceptors (Lipinski definition) is 3. The number of nitrogens with one attached hydrogen (secondary N) is 1. The molecule has 2 aromatic carbocycles. The van der Waals surface area contributed by atoms with Crippen molar-refractivity contribution in [2.24, 2.45) is 0 Å². The summed E-state index contributed by atoms with van der Waals surface area (Å²) in [5.41, 5.74) is 4.84. The van der Waals surface area contributed by atoms with Gasteiger partial charge in [0.05, 0.1) is 18.0 Å². The van der Waals surface area contributed by atoms with Crippen LogP contribution in [0.5, 0.6) is 0 Å². The molecule has 0 saturated carbocycles. The van der Waals surface area contributed by atoms with Crippen LogP contribution < -0.4 is 9.62 Å². The molecular weight excluding hydrogens is 360 g/mol. The molecule has 1 amide bonds. The quantitative estimate of drug-likeness (QED) is 0.787. The molecule has 2 rings (SSSR count). The van der Waals surface area contributed by atoms with Crippen LogP contribution in [0.15, 0.2) is 42.5 Å². The van der Waals surface area contributed by atoms with Crippen molar-refractivity contribution < 1.29 is 13.2 Å². The fourth-order valence-corrected chi connectivity index (χ4v) is 3.95. The highest BCUT2D eigenvalue weighted by Gasteiger charge is 2.23. The molecule has 146 valence electrons. The molecule has 1 atom stereocenters. The van der Waals surface area contributed by atoms with E-state index in [1.165, 1.54) is 5.56 Å². The number of sulfonamides is 1. The summed E-state index contributed by atoms with van der Waals surface area (Å²) < 4.78 is 25.6. The molecule has 2 aromatic rings. The average molecular weight is 389 g/mol. The lowest BCUT2D eigenvalue weighted by Gasteiger charge is -2.25. The second kappa shape index (κ2) is 8.57. The van der Waals surface area contributed by atoms with Gasteiger partial charge < -0.3 is 5.32 Å². The lowest BCUT2D eigenvalue weighted by Crippen LogP contribution is -2.41. The minimum Gasteiger partial charge on any atom is -0.348 e. The molecule has 1 N–H and O–H groups in total. The van der Waals surface area contributed by atoms with Gasteiger partial charge in [-0.15, -0.1) is 0 Å². The molecule has 0 bridgehead atoms. The number of carbonyl (C=O) groups is 1. The number of anilines is 1. The molecule has 0 unspecified atom stereocenters. The van der Waals surface area contributed by atoms with Crippen molar-refractivity contribution in [2.75, 3.05) is 17.1 Å². The van der Waals surface area contributed by atoms with E-state index < -0.39 is 10.0 Å². The third-order valence-electron chi connectivity index (χ3n) is 4.55. The Balaban J connectivity index is 2.20. The number of amides is 1. The minimum absolute atomic E-state index is 0.155. The van der Waals surface area contributed by atoms with Gasteiger partial charge in [0, 0.05) is 0 Å². The van der Waals surface area contributed by atoms with Gasteiger partial charge in [-0.1, -0.05) is 48.4 Å². The lowest BCUT2D eigenvalue weighted by molar-refractivity contribution is -0.120. The standard InChI is InChI=1S/C21H28N2O3S/c1-6-20(19-12-9-16(3)13-17(19)4)22-21(24)14-23(27(5,25)26)18-10-7-15(2)8-11-18/h7-13,20H,6,14H2,1-5H3,(H,22,24)/t20-/m0/s1. The van der Waals surface area contributed by atoms with Crippen LogP contribution in [-0.2, 0) is 14.8 Å². The first-order chi connectivity index (χ1) is 12.6. The molecular formula is C21H28N2O3S. The summed E-state index contributed by atoms with van der Waals surface area (Å²) >= 11 is 0. The zero-order chi connectivity index (χ0) is 20.2. The van der Waals surface area contributed by atoms with Crippen molar-refractivity contribution in [1.29, 1.82) is 0 Å². The van der Waals surface area contributed by atoms with Crippen LogP contribution in [0.2, 0.25) is 0 Å². The second-order valence-electron chi connectivity index (χ2n) is 6.99. The highest BCUT2D eigenvalue weighted by molar-refractivity contribution is 7.92. The van der Waals surface area contributed by atoms with Gasteiger partial charge in [0.1, 0.15) is 6.54 Å². The SMILES string of the molecule is CC[C@H](NC(=O)CN(c1ccc(C)cc1)S(C)(=O)=O)c1ccc(C)cc1C. The van der Waals surface area contributed by atoms with E-state index >= 15 is 0 Å². The first kappa shape index (κ1) is 21.0. The Morgan fingerprint density at radius 2 is 1.63 bits per heavy atom. The maximum atomic E-state index is 12.6. The van der Waals surface area contributed by atoms with Crippen molar-refractivity contribution in [2.45, 2.75) is 40.2 Å². The number of aryl methyl sites for hydroxylation is 3. The van der Waals surface area contributed by atoms with Crippen molar-refractivity contribution in [1.82, 2.24) is 5.32 Å². The summed E-state index contributed by atoms with van der Waals surface area (Å²) in [6, 6.07) is 13.1. The van der Waals surface area contributed by atoms with E-state index in [0.717, 1.165) is 33.7 Å². The fraction of sp³-hybridized carbons (Fsp3) is 0.381.